The topological polar surface area (TPSA) is 20.2 Å². The second-order valence-corrected chi connectivity index (χ2v) is 4.30. The number of alkyl halides is 1. The Balaban J connectivity index is 2.48. The van der Waals surface area contributed by atoms with Gasteiger partial charge in [0.15, 0.2) is 0 Å². The minimum Gasteiger partial charge on any atom is -0.396 e. The monoisotopic (exact) mass is 246 g/mol. The largest absolute Gasteiger partial charge is 0.396 e. The normalized spacial score (nSPS) is 12.4. The summed E-state index contributed by atoms with van der Waals surface area (Å²) < 4.78 is 0. The molecule has 0 bridgehead atoms. The van der Waals surface area contributed by atoms with E-state index in [4.69, 9.17) is 11.6 Å². The van der Waals surface area contributed by atoms with Crippen molar-refractivity contribution in [2.75, 3.05) is 12.5 Å². The highest BCUT2D eigenvalue weighted by molar-refractivity contribution is 6.18. The standard InChI is InChI=1S/C15H15ClO/c16-10-13(11-17)15-9-5-4-8-14(15)12-6-2-1-3-7-12/h1-9,13,17H,10-11H2. The van der Waals surface area contributed by atoms with E-state index in [2.05, 4.69) is 18.2 Å². The first-order chi connectivity index (χ1) is 8.36. The third-order valence-corrected chi connectivity index (χ3v) is 3.26. The summed E-state index contributed by atoms with van der Waals surface area (Å²) in [5, 5.41) is 9.37. The Morgan fingerprint density at radius 2 is 1.59 bits per heavy atom. The Bertz CT molecular complexity index is 463. The van der Waals surface area contributed by atoms with Gasteiger partial charge in [-0.2, -0.15) is 0 Å². The van der Waals surface area contributed by atoms with Gasteiger partial charge in [0.2, 0.25) is 0 Å². The molecular formula is C15H15ClO. The molecule has 2 heteroatoms. The molecule has 0 saturated carbocycles. The first-order valence-corrected chi connectivity index (χ1v) is 6.21. The molecule has 0 saturated heterocycles. The Kier molecular flexibility index (Phi) is 4.18. The molecule has 1 nitrogen and oxygen atoms in total. The van der Waals surface area contributed by atoms with Crippen molar-refractivity contribution in [2.24, 2.45) is 0 Å². The summed E-state index contributed by atoms with van der Waals surface area (Å²) in [5.74, 6) is 0.424. The smallest absolute Gasteiger partial charge is 0.0511 e. The van der Waals surface area contributed by atoms with Crippen LogP contribution in [0.4, 0.5) is 0 Å². The minimum atomic E-state index is -0.00641. The van der Waals surface area contributed by atoms with Crippen LogP contribution in [0.1, 0.15) is 11.5 Å². The number of halogens is 1. The van der Waals surface area contributed by atoms with Crippen molar-refractivity contribution in [3.8, 4) is 11.1 Å². The van der Waals surface area contributed by atoms with E-state index in [0.29, 0.717) is 5.88 Å². The lowest BCUT2D eigenvalue weighted by molar-refractivity contribution is 0.274. The number of aliphatic hydroxyl groups is 1. The molecule has 0 aliphatic carbocycles. The summed E-state index contributed by atoms with van der Waals surface area (Å²) in [4.78, 5) is 0. The van der Waals surface area contributed by atoms with Crippen molar-refractivity contribution in [1.29, 1.82) is 0 Å². The van der Waals surface area contributed by atoms with E-state index in [1.165, 1.54) is 0 Å². The molecule has 0 heterocycles. The van der Waals surface area contributed by atoms with Gasteiger partial charge < -0.3 is 5.11 Å². The van der Waals surface area contributed by atoms with E-state index in [-0.39, 0.29) is 12.5 Å². The molecule has 2 aromatic rings. The van der Waals surface area contributed by atoms with Crippen molar-refractivity contribution in [1.82, 2.24) is 0 Å². The molecule has 2 rings (SSSR count). The van der Waals surface area contributed by atoms with Gasteiger partial charge in [0.25, 0.3) is 0 Å². The maximum Gasteiger partial charge on any atom is 0.0511 e. The zero-order chi connectivity index (χ0) is 12.1. The van der Waals surface area contributed by atoms with E-state index in [0.717, 1.165) is 16.7 Å². The van der Waals surface area contributed by atoms with Gasteiger partial charge in [0, 0.05) is 11.8 Å². The summed E-state index contributed by atoms with van der Waals surface area (Å²) in [6.07, 6.45) is 0. The fourth-order valence-electron chi connectivity index (χ4n) is 1.96. The van der Waals surface area contributed by atoms with Crippen molar-refractivity contribution in [3.05, 3.63) is 60.2 Å². The Labute approximate surface area is 107 Å². The van der Waals surface area contributed by atoms with E-state index < -0.39 is 0 Å². The fourth-order valence-corrected chi connectivity index (χ4v) is 2.23. The molecular weight excluding hydrogens is 232 g/mol. The van der Waals surface area contributed by atoms with Crippen LogP contribution < -0.4 is 0 Å². The first-order valence-electron chi connectivity index (χ1n) is 5.68. The summed E-state index contributed by atoms with van der Waals surface area (Å²) >= 11 is 5.90. The number of hydrogen-bond donors (Lipinski definition) is 1. The van der Waals surface area contributed by atoms with Crippen LogP contribution >= 0.6 is 11.6 Å². The molecule has 0 spiro atoms. The van der Waals surface area contributed by atoms with Crippen LogP contribution in [0.15, 0.2) is 54.6 Å². The highest BCUT2D eigenvalue weighted by atomic mass is 35.5. The second kappa shape index (κ2) is 5.85. The molecule has 0 amide bonds. The molecule has 0 aliphatic heterocycles. The van der Waals surface area contributed by atoms with Crippen molar-refractivity contribution < 1.29 is 5.11 Å². The number of rotatable bonds is 4. The third-order valence-electron chi connectivity index (χ3n) is 2.89. The molecule has 0 aliphatic rings. The Morgan fingerprint density at radius 1 is 0.941 bits per heavy atom. The van der Waals surface area contributed by atoms with Gasteiger partial charge in [-0.05, 0) is 16.7 Å². The fraction of sp³-hybridized carbons (Fsp3) is 0.200. The Morgan fingerprint density at radius 3 is 2.24 bits per heavy atom. The van der Waals surface area contributed by atoms with Gasteiger partial charge in [-0.15, -0.1) is 11.6 Å². The van der Waals surface area contributed by atoms with Gasteiger partial charge in [0.1, 0.15) is 0 Å². The lowest BCUT2D eigenvalue weighted by Crippen LogP contribution is -2.07. The predicted molar refractivity (Wildman–Crippen MR) is 72.4 cm³/mol. The maximum absolute atomic E-state index is 9.37. The maximum atomic E-state index is 9.37. The van der Waals surface area contributed by atoms with Gasteiger partial charge in [-0.1, -0.05) is 54.6 Å². The summed E-state index contributed by atoms with van der Waals surface area (Å²) in [6, 6.07) is 18.3. The molecule has 1 atom stereocenters. The molecule has 1 N–H and O–H groups in total. The molecule has 2 aromatic carbocycles. The number of aliphatic hydroxyl groups excluding tert-OH is 1. The van der Waals surface area contributed by atoms with Gasteiger partial charge in [-0.3, -0.25) is 0 Å². The average molecular weight is 247 g/mol. The minimum absolute atomic E-state index is 0.00641. The molecule has 0 radical (unpaired) electrons. The second-order valence-electron chi connectivity index (χ2n) is 3.99. The molecule has 88 valence electrons. The highest BCUT2D eigenvalue weighted by Gasteiger charge is 2.13. The molecule has 0 fully saturated rings. The molecule has 1 unspecified atom stereocenters. The van der Waals surface area contributed by atoms with Crippen LogP contribution in [-0.2, 0) is 0 Å². The number of benzene rings is 2. The lowest BCUT2D eigenvalue weighted by Gasteiger charge is -2.16. The van der Waals surface area contributed by atoms with Crippen LogP contribution in [0.5, 0.6) is 0 Å². The first kappa shape index (κ1) is 12.2. The van der Waals surface area contributed by atoms with Crippen molar-refractivity contribution in [3.63, 3.8) is 0 Å². The zero-order valence-corrected chi connectivity index (χ0v) is 10.3. The quantitative estimate of drug-likeness (QED) is 0.817. The van der Waals surface area contributed by atoms with Gasteiger partial charge >= 0.3 is 0 Å². The lowest BCUT2D eigenvalue weighted by atomic mass is 9.92. The highest BCUT2D eigenvalue weighted by Crippen LogP contribution is 2.29. The van der Waals surface area contributed by atoms with Crippen LogP contribution in [0.3, 0.4) is 0 Å². The predicted octanol–water partition coefficient (Wildman–Crippen LogP) is 3.67. The Hall–Kier alpha value is -1.31. The van der Waals surface area contributed by atoms with E-state index in [9.17, 15) is 5.11 Å². The van der Waals surface area contributed by atoms with Crippen molar-refractivity contribution >= 4 is 11.6 Å². The average Bonchev–Trinajstić information content (AvgIpc) is 2.42. The van der Waals surface area contributed by atoms with Crippen molar-refractivity contribution in [2.45, 2.75) is 5.92 Å². The summed E-state index contributed by atoms with van der Waals surface area (Å²) in [5.41, 5.74) is 3.41. The van der Waals surface area contributed by atoms with Crippen LogP contribution in [0.25, 0.3) is 11.1 Å². The zero-order valence-electron chi connectivity index (χ0n) is 9.51. The summed E-state index contributed by atoms with van der Waals surface area (Å²) in [6.45, 7) is 0.0767. The van der Waals surface area contributed by atoms with E-state index >= 15 is 0 Å². The number of hydrogen-bond acceptors (Lipinski definition) is 1. The van der Waals surface area contributed by atoms with Crippen LogP contribution in [0, 0.1) is 0 Å². The third kappa shape index (κ3) is 2.68. The van der Waals surface area contributed by atoms with Crippen LogP contribution in [0.2, 0.25) is 0 Å². The van der Waals surface area contributed by atoms with E-state index in [1.807, 2.05) is 36.4 Å². The van der Waals surface area contributed by atoms with Gasteiger partial charge in [-0.25, -0.2) is 0 Å². The SMILES string of the molecule is OCC(CCl)c1ccccc1-c1ccccc1. The van der Waals surface area contributed by atoms with E-state index in [1.54, 1.807) is 0 Å². The molecule has 0 aromatic heterocycles. The molecule has 17 heavy (non-hydrogen) atoms. The summed E-state index contributed by atoms with van der Waals surface area (Å²) in [7, 11) is 0. The van der Waals surface area contributed by atoms with Crippen LogP contribution in [-0.4, -0.2) is 17.6 Å². The van der Waals surface area contributed by atoms with Gasteiger partial charge in [0.05, 0.1) is 6.61 Å².